The standard InChI is InChI=1S/C18H28N2O3/c1-19(10-5-13-21)16-8-11-20(12-9-16)14-15-6-3-4-7-17(15)18(22)23-2/h3-4,6-7,16,21H,5,8-14H2,1-2H3. The third-order valence-corrected chi connectivity index (χ3v) is 4.67. The molecular weight excluding hydrogens is 292 g/mol. The van der Waals surface area contributed by atoms with Crippen molar-refractivity contribution >= 4 is 5.97 Å². The van der Waals surface area contributed by atoms with Crippen LogP contribution in [0, 0.1) is 0 Å². The van der Waals surface area contributed by atoms with Gasteiger partial charge in [0.25, 0.3) is 0 Å². The Morgan fingerprint density at radius 1 is 1.35 bits per heavy atom. The van der Waals surface area contributed by atoms with Crippen molar-refractivity contribution in [2.45, 2.75) is 31.8 Å². The molecule has 23 heavy (non-hydrogen) atoms. The Balaban J connectivity index is 1.88. The van der Waals surface area contributed by atoms with Crippen molar-refractivity contribution in [3.63, 3.8) is 0 Å². The van der Waals surface area contributed by atoms with E-state index in [-0.39, 0.29) is 12.6 Å². The Morgan fingerprint density at radius 3 is 2.70 bits per heavy atom. The number of benzene rings is 1. The van der Waals surface area contributed by atoms with Crippen LogP contribution in [-0.4, -0.2) is 67.3 Å². The number of methoxy groups -OCH3 is 1. The Bertz CT molecular complexity index is 499. The number of carbonyl (C=O) groups is 1. The number of carbonyl (C=O) groups excluding carboxylic acids is 1. The highest BCUT2D eigenvalue weighted by atomic mass is 16.5. The summed E-state index contributed by atoms with van der Waals surface area (Å²) in [6.45, 7) is 4.06. The summed E-state index contributed by atoms with van der Waals surface area (Å²) in [5.41, 5.74) is 1.70. The molecular formula is C18H28N2O3. The van der Waals surface area contributed by atoms with Crippen molar-refractivity contribution in [3.05, 3.63) is 35.4 Å². The molecule has 0 bridgehead atoms. The molecule has 5 nitrogen and oxygen atoms in total. The normalized spacial score (nSPS) is 16.7. The number of hydrogen-bond donors (Lipinski definition) is 1. The Hall–Kier alpha value is -1.43. The Kier molecular flexibility index (Phi) is 7.02. The molecule has 128 valence electrons. The highest BCUT2D eigenvalue weighted by molar-refractivity contribution is 5.90. The molecule has 1 aromatic rings. The number of aliphatic hydroxyl groups excluding tert-OH is 1. The minimum atomic E-state index is -0.265. The number of likely N-dealkylation sites (tertiary alicyclic amines) is 1. The van der Waals surface area contributed by atoms with Crippen LogP contribution in [0.25, 0.3) is 0 Å². The molecule has 1 fully saturated rings. The van der Waals surface area contributed by atoms with Crippen LogP contribution in [0.4, 0.5) is 0 Å². The van der Waals surface area contributed by atoms with Gasteiger partial charge in [0.05, 0.1) is 12.7 Å². The number of piperidine rings is 1. The largest absolute Gasteiger partial charge is 0.465 e. The van der Waals surface area contributed by atoms with Gasteiger partial charge in [-0.05, 0) is 51.0 Å². The lowest BCUT2D eigenvalue weighted by Gasteiger charge is -2.37. The predicted octanol–water partition coefficient (Wildman–Crippen LogP) is 1.75. The third kappa shape index (κ3) is 5.03. The van der Waals surface area contributed by atoms with Gasteiger partial charge in [-0.3, -0.25) is 4.90 Å². The SMILES string of the molecule is COC(=O)c1ccccc1CN1CCC(N(C)CCCO)CC1. The van der Waals surface area contributed by atoms with Gasteiger partial charge >= 0.3 is 5.97 Å². The van der Waals surface area contributed by atoms with Gasteiger partial charge in [-0.1, -0.05) is 18.2 Å². The van der Waals surface area contributed by atoms with Gasteiger partial charge in [0.1, 0.15) is 0 Å². The zero-order chi connectivity index (χ0) is 16.7. The van der Waals surface area contributed by atoms with Crippen molar-refractivity contribution in [2.75, 3.05) is 40.4 Å². The van der Waals surface area contributed by atoms with Crippen LogP contribution in [0.5, 0.6) is 0 Å². The highest BCUT2D eigenvalue weighted by Gasteiger charge is 2.23. The van der Waals surface area contributed by atoms with Gasteiger partial charge in [-0.2, -0.15) is 0 Å². The first-order chi connectivity index (χ1) is 11.2. The maximum absolute atomic E-state index is 11.8. The number of nitrogens with zero attached hydrogens (tertiary/aromatic N) is 2. The molecule has 0 aliphatic carbocycles. The molecule has 0 atom stereocenters. The van der Waals surface area contributed by atoms with E-state index in [1.165, 1.54) is 7.11 Å². The molecule has 1 saturated heterocycles. The summed E-state index contributed by atoms with van der Waals surface area (Å²) in [5, 5.41) is 8.94. The molecule has 1 heterocycles. The molecule has 1 aromatic carbocycles. The Labute approximate surface area is 138 Å². The van der Waals surface area contributed by atoms with Crippen molar-refractivity contribution in [1.82, 2.24) is 9.80 Å². The second-order valence-corrected chi connectivity index (χ2v) is 6.21. The van der Waals surface area contributed by atoms with Crippen molar-refractivity contribution in [2.24, 2.45) is 0 Å². The zero-order valence-electron chi connectivity index (χ0n) is 14.2. The van der Waals surface area contributed by atoms with Crippen LogP contribution in [0.2, 0.25) is 0 Å². The van der Waals surface area contributed by atoms with E-state index in [4.69, 9.17) is 9.84 Å². The monoisotopic (exact) mass is 320 g/mol. The van der Waals surface area contributed by atoms with E-state index in [0.29, 0.717) is 11.6 Å². The van der Waals surface area contributed by atoms with Crippen LogP contribution < -0.4 is 0 Å². The van der Waals surface area contributed by atoms with Gasteiger partial charge < -0.3 is 14.7 Å². The molecule has 5 heteroatoms. The second-order valence-electron chi connectivity index (χ2n) is 6.21. The fraction of sp³-hybridized carbons (Fsp3) is 0.611. The van der Waals surface area contributed by atoms with Crippen molar-refractivity contribution in [1.29, 1.82) is 0 Å². The molecule has 0 saturated carbocycles. The molecule has 0 spiro atoms. The summed E-state index contributed by atoms with van der Waals surface area (Å²) in [7, 11) is 3.56. The number of hydrogen-bond acceptors (Lipinski definition) is 5. The minimum absolute atomic E-state index is 0.257. The third-order valence-electron chi connectivity index (χ3n) is 4.67. The van der Waals surface area contributed by atoms with Crippen LogP contribution in [0.15, 0.2) is 24.3 Å². The summed E-state index contributed by atoms with van der Waals surface area (Å²) in [5.74, 6) is -0.265. The molecule has 1 aliphatic heterocycles. The number of ether oxygens (including phenoxy) is 1. The predicted molar refractivity (Wildman–Crippen MR) is 90.4 cm³/mol. The molecule has 1 aliphatic rings. The van der Waals surface area contributed by atoms with Crippen molar-refractivity contribution in [3.8, 4) is 0 Å². The topological polar surface area (TPSA) is 53.0 Å². The van der Waals surface area contributed by atoms with E-state index in [2.05, 4.69) is 16.8 Å². The van der Waals surface area contributed by atoms with E-state index in [1.54, 1.807) is 0 Å². The smallest absolute Gasteiger partial charge is 0.338 e. The molecule has 0 radical (unpaired) electrons. The van der Waals surface area contributed by atoms with Gasteiger partial charge in [-0.15, -0.1) is 0 Å². The lowest BCUT2D eigenvalue weighted by Crippen LogP contribution is -2.43. The van der Waals surface area contributed by atoms with E-state index < -0.39 is 0 Å². The lowest BCUT2D eigenvalue weighted by molar-refractivity contribution is 0.0597. The first-order valence-electron chi connectivity index (χ1n) is 8.35. The molecule has 0 aromatic heterocycles. The average Bonchev–Trinajstić information content (AvgIpc) is 2.60. The lowest BCUT2D eigenvalue weighted by atomic mass is 10.0. The van der Waals surface area contributed by atoms with E-state index >= 15 is 0 Å². The second kappa shape index (κ2) is 9.01. The van der Waals surface area contributed by atoms with Crippen molar-refractivity contribution < 1.29 is 14.6 Å². The molecule has 2 rings (SSSR count). The summed E-state index contributed by atoms with van der Waals surface area (Å²) < 4.78 is 4.87. The summed E-state index contributed by atoms with van der Waals surface area (Å²) in [6.07, 6.45) is 3.09. The number of esters is 1. The maximum atomic E-state index is 11.8. The van der Waals surface area contributed by atoms with Crippen LogP contribution in [-0.2, 0) is 11.3 Å². The van der Waals surface area contributed by atoms with Gasteiger partial charge in [0, 0.05) is 25.7 Å². The Morgan fingerprint density at radius 2 is 2.04 bits per heavy atom. The quantitative estimate of drug-likeness (QED) is 0.776. The highest BCUT2D eigenvalue weighted by Crippen LogP contribution is 2.19. The molecule has 0 unspecified atom stereocenters. The fourth-order valence-corrected chi connectivity index (χ4v) is 3.23. The van der Waals surface area contributed by atoms with Crippen LogP contribution >= 0.6 is 0 Å². The van der Waals surface area contributed by atoms with E-state index in [1.807, 2.05) is 24.3 Å². The van der Waals surface area contributed by atoms with Gasteiger partial charge in [0.2, 0.25) is 0 Å². The zero-order valence-corrected chi connectivity index (χ0v) is 14.2. The first kappa shape index (κ1) is 17.9. The fourth-order valence-electron chi connectivity index (χ4n) is 3.23. The number of aliphatic hydroxyl groups is 1. The maximum Gasteiger partial charge on any atom is 0.338 e. The molecule has 1 N–H and O–H groups in total. The van der Waals surface area contributed by atoms with Gasteiger partial charge in [-0.25, -0.2) is 4.79 Å². The minimum Gasteiger partial charge on any atom is -0.465 e. The first-order valence-corrected chi connectivity index (χ1v) is 8.35. The number of rotatable bonds is 7. The van der Waals surface area contributed by atoms with Gasteiger partial charge in [0.15, 0.2) is 0 Å². The van der Waals surface area contributed by atoms with E-state index in [9.17, 15) is 4.79 Å². The molecule has 0 amide bonds. The summed E-state index contributed by atoms with van der Waals surface area (Å²) >= 11 is 0. The summed E-state index contributed by atoms with van der Waals surface area (Å²) in [4.78, 5) is 16.6. The average molecular weight is 320 g/mol. The summed E-state index contributed by atoms with van der Waals surface area (Å²) in [6, 6.07) is 8.27. The van der Waals surface area contributed by atoms with Crippen LogP contribution in [0.1, 0.15) is 35.2 Å². The van der Waals surface area contributed by atoms with Crippen LogP contribution in [0.3, 0.4) is 0 Å². The van der Waals surface area contributed by atoms with E-state index in [0.717, 1.165) is 51.0 Å².